The van der Waals surface area contributed by atoms with E-state index in [-0.39, 0.29) is 11.9 Å². The molecule has 3 rings (SSSR count). The maximum Gasteiger partial charge on any atom is 0.257 e. The number of aromatic nitrogens is 1. The zero-order valence-electron chi connectivity index (χ0n) is 12.4. The fourth-order valence-corrected chi connectivity index (χ4v) is 2.29. The monoisotopic (exact) mass is 296 g/mol. The first kappa shape index (κ1) is 14.1. The van der Waals surface area contributed by atoms with Gasteiger partial charge in [-0.3, -0.25) is 4.79 Å². The Morgan fingerprint density at radius 3 is 2.86 bits per heavy atom. The lowest BCUT2D eigenvalue weighted by molar-refractivity contribution is 0.0932. The Hall–Kier alpha value is -2.82. The Kier molecular flexibility index (Phi) is 3.78. The largest absolute Gasteiger partial charge is 0.480 e. The molecule has 0 spiro atoms. The van der Waals surface area contributed by atoms with Gasteiger partial charge in [-0.05, 0) is 31.2 Å². The molecule has 0 aliphatic carbocycles. The van der Waals surface area contributed by atoms with Crippen LogP contribution in [0.4, 0.5) is 0 Å². The van der Waals surface area contributed by atoms with Gasteiger partial charge in [0.15, 0.2) is 0 Å². The number of fused-ring (bicyclic) bond motifs is 1. The van der Waals surface area contributed by atoms with E-state index in [1.54, 1.807) is 18.3 Å². The van der Waals surface area contributed by atoms with Crippen molar-refractivity contribution in [1.29, 1.82) is 0 Å². The maximum absolute atomic E-state index is 12.4. The van der Waals surface area contributed by atoms with E-state index in [2.05, 4.69) is 10.3 Å². The van der Waals surface area contributed by atoms with Crippen molar-refractivity contribution in [2.45, 2.75) is 13.0 Å². The third-order valence-corrected chi connectivity index (χ3v) is 3.43. The van der Waals surface area contributed by atoms with Crippen molar-refractivity contribution in [3.63, 3.8) is 0 Å². The SMILES string of the molecule is COc1ncccc1C(=O)NC(C)c1cc2ccccc2o1. The van der Waals surface area contributed by atoms with Crippen LogP contribution in [0.2, 0.25) is 0 Å². The van der Waals surface area contributed by atoms with Gasteiger partial charge in [0.1, 0.15) is 16.9 Å². The molecule has 1 unspecified atom stereocenters. The molecule has 2 aromatic heterocycles. The fourth-order valence-electron chi connectivity index (χ4n) is 2.29. The Morgan fingerprint density at radius 1 is 1.27 bits per heavy atom. The summed E-state index contributed by atoms with van der Waals surface area (Å²) in [7, 11) is 1.49. The first-order valence-electron chi connectivity index (χ1n) is 6.97. The van der Waals surface area contributed by atoms with Crippen molar-refractivity contribution in [2.75, 3.05) is 7.11 Å². The smallest absolute Gasteiger partial charge is 0.257 e. The summed E-state index contributed by atoms with van der Waals surface area (Å²) in [4.78, 5) is 16.4. The number of nitrogens with zero attached hydrogens (tertiary/aromatic N) is 1. The van der Waals surface area contributed by atoms with E-state index >= 15 is 0 Å². The lowest BCUT2D eigenvalue weighted by Gasteiger charge is -2.12. The fraction of sp³-hybridized carbons (Fsp3) is 0.176. The van der Waals surface area contributed by atoms with Crippen LogP contribution in [-0.2, 0) is 0 Å². The molecule has 112 valence electrons. The summed E-state index contributed by atoms with van der Waals surface area (Å²) in [5.41, 5.74) is 1.20. The zero-order valence-corrected chi connectivity index (χ0v) is 12.4. The van der Waals surface area contributed by atoms with Crippen molar-refractivity contribution in [3.8, 4) is 5.88 Å². The van der Waals surface area contributed by atoms with Crippen LogP contribution in [0.25, 0.3) is 11.0 Å². The van der Waals surface area contributed by atoms with E-state index in [4.69, 9.17) is 9.15 Å². The highest BCUT2D eigenvalue weighted by Crippen LogP contribution is 2.24. The number of carbonyl (C=O) groups excluding carboxylic acids is 1. The summed E-state index contributed by atoms with van der Waals surface area (Å²) in [5.74, 6) is 0.757. The number of methoxy groups -OCH3 is 1. The number of rotatable bonds is 4. The molecule has 0 radical (unpaired) electrons. The third-order valence-electron chi connectivity index (χ3n) is 3.43. The molecule has 1 atom stereocenters. The minimum absolute atomic E-state index is 0.252. The average Bonchev–Trinajstić information content (AvgIpc) is 2.99. The molecule has 5 nitrogen and oxygen atoms in total. The highest BCUT2D eigenvalue weighted by Gasteiger charge is 2.18. The number of ether oxygens (including phenoxy) is 1. The Morgan fingerprint density at radius 2 is 2.09 bits per heavy atom. The molecule has 1 N–H and O–H groups in total. The van der Waals surface area contributed by atoms with Gasteiger partial charge in [-0.1, -0.05) is 18.2 Å². The molecule has 1 amide bonds. The van der Waals surface area contributed by atoms with Gasteiger partial charge < -0.3 is 14.5 Å². The van der Waals surface area contributed by atoms with E-state index in [1.165, 1.54) is 7.11 Å². The van der Waals surface area contributed by atoms with Gasteiger partial charge >= 0.3 is 0 Å². The predicted octanol–water partition coefficient (Wildman–Crippen LogP) is 3.33. The summed E-state index contributed by atoms with van der Waals surface area (Å²) in [6, 6.07) is 12.8. The van der Waals surface area contributed by atoms with E-state index in [0.717, 1.165) is 11.0 Å². The average molecular weight is 296 g/mol. The van der Waals surface area contributed by atoms with Crippen LogP contribution >= 0.6 is 0 Å². The lowest BCUT2D eigenvalue weighted by Crippen LogP contribution is -2.26. The Bertz CT molecular complexity index is 777. The maximum atomic E-state index is 12.4. The third kappa shape index (κ3) is 2.65. The van der Waals surface area contributed by atoms with Gasteiger partial charge in [0.05, 0.1) is 13.2 Å². The quantitative estimate of drug-likeness (QED) is 0.802. The molecule has 3 aromatic rings. The molecular formula is C17H16N2O3. The lowest BCUT2D eigenvalue weighted by atomic mass is 10.2. The van der Waals surface area contributed by atoms with E-state index < -0.39 is 0 Å². The summed E-state index contributed by atoms with van der Waals surface area (Å²) >= 11 is 0. The van der Waals surface area contributed by atoms with Crippen LogP contribution in [0.3, 0.4) is 0 Å². The van der Waals surface area contributed by atoms with Gasteiger partial charge in [-0.15, -0.1) is 0 Å². The minimum Gasteiger partial charge on any atom is -0.480 e. The van der Waals surface area contributed by atoms with E-state index in [0.29, 0.717) is 17.2 Å². The van der Waals surface area contributed by atoms with Crippen LogP contribution < -0.4 is 10.1 Å². The van der Waals surface area contributed by atoms with E-state index in [9.17, 15) is 4.79 Å². The number of para-hydroxylation sites is 1. The van der Waals surface area contributed by atoms with Crippen LogP contribution in [0.1, 0.15) is 29.1 Å². The summed E-state index contributed by atoms with van der Waals surface area (Å²) in [6.45, 7) is 1.87. The molecule has 22 heavy (non-hydrogen) atoms. The van der Waals surface area contributed by atoms with Crippen LogP contribution in [0.15, 0.2) is 53.1 Å². The van der Waals surface area contributed by atoms with Crippen molar-refractivity contribution in [1.82, 2.24) is 10.3 Å². The van der Waals surface area contributed by atoms with Crippen molar-refractivity contribution < 1.29 is 13.9 Å². The molecule has 0 bridgehead atoms. The van der Waals surface area contributed by atoms with E-state index in [1.807, 2.05) is 37.3 Å². The molecule has 0 aliphatic rings. The first-order chi connectivity index (χ1) is 10.7. The van der Waals surface area contributed by atoms with Gasteiger partial charge in [-0.25, -0.2) is 4.98 Å². The van der Waals surface area contributed by atoms with Gasteiger partial charge in [0, 0.05) is 11.6 Å². The number of pyridine rings is 1. The Labute approximate surface area is 127 Å². The van der Waals surface area contributed by atoms with Crippen molar-refractivity contribution in [3.05, 3.63) is 60.0 Å². The summed E-state index contributed by atoms with van der Waals surface area (Å²) in [6.07, 6.45) is 1.58. The van der Waals surface area contributed by atoms with Gasteiger partial charge in [0.25, 0.3) is 5.91 Å². The molecule has 2 heterocycles. The number of carbonyl (C=O) groups is 1. The first-order valence-corrected chi connectivity index (χ1v) is 6.97. The number of nitrogens with one attached hydrogen (secondary N) is 1. The van der Waals surface area contributed by atoms with Crippen LogP contribution in [-0.4, -0.2) is 18.0 Å². The topological polar surface area (TPSA) is 64.4 Å². The van der Waals surface area contributed by atoms with Crippen LogP contribution in [0, 0.1) is 0 Å². The molecular weight excluding hydrogens is 280 g/mol. The Balaban J connectivity index is 1.81. The number of hydrogen-bond acceptors (Lipinski definition) is 4. The summed E-state index contributed by atoms with van der Waals surface area (Å²) in [5, 5.41) is 3.91. The molecule has 1 aromatic carbocycles. The molecule has 5 heteroatoms. The predicted molar refractivity (Wildman–Crippen MR) is 82.9 cm³/mol. The minimum atomic E-state index is -0.259. The highest BCUT2D eigenvalue weighted by molar-refractivity contribution is 5.96. The highest BCUT2D eigenvalue weighted by atomic mass is 16.5. The summed E-state index contributed by atoms with van der Waals surface area (Å²) < 4.78 is 10.9. The van der Waals surface area contributed by atoms with Gasteiger partial charge in [-0.2, -0.15) is 0 Å². The second-order valence-electron chi connectivity index (χ2n) is 4.94. The standard InChI is InChI=1S/C17H16N2O3/c1-11(15-10-12-6-3-4-8-14(12)22-15)19-16(20)13-7-5-9-18-17(13)21-2/h3-11H,1-2H3,(H,19,20). The number of hydrogen-bond donors (Lipinski definition) is 1. The molecule has 0 fully saturated rings. The number of amides is 1. The number of furan rings is 1. The molecule has 0 saturated carbocycles. The van der Waals surface area contributed by atoms with Crippen molar-refractivity contribution >= 4 is 16.9 Å². The normalized spacial score (nSPS) is 12.1. The number of benzene rings is 1. The zero-order chi connectivity index (χ0) is 15.5. The second kappa shape index (κ2) is 5.89. The van der Waals surface area contributed by atoms with Crippen LogP contribution in [0.5, 0.6) is 5.88 Å². The van der Waals surface area contributed by atoms with Crippen molar-refractivity contribution in [2.24, 2.45) is 0 Å². The second-order valence-corrected chi connectivity index (χ2v) is 4.94. The molecule has 0 saturated heterocycles. The molecule has 0 aliphatic heterocycles. The van der Waals surface area contributed by atoms with Gasteiger partial charge in [0.2, 0.25) is 5.88 Å².